The number of amides is 1. The highest BCUT2D eigenvalue weighted by Gasteiger charge is 2.15. The first kappa shape index (κ1) is 20.3. The van der Waals surface area contributed by atoms with Gasteiger partial charge in [-0.1, -0.05) is 42.5 Å². The average molecular weight is 410 g/mol. The van der Waals surface area contributed by atoms with E-state index in [2.05, 4.69) is 10.0 Å². The van der Waals surface area contributed by atoms with Gasteiger partial charge in [0.25, 0.3) is 10.0 Å². The Morgan fingerprint density at radius 3 is 2.38 bits per heavy atom. The highest BCUT2D eigenvalue weighted by molar-refractivity contribution is 7.92. The van der Waals surface area contributed by atoms with Crippen molar-refractivity contribution in [2.24, 2.45) is 0 Å². The molecule has 3 aromatic carbocycles. The van der Waals surface area contributed by atoms with Gasteiger partial charge in [0.2, 0.25) is 5.91 Å². The maximum atomic E-state index is 13.6. The molecule has 0 unspecified atom stereocenters. The van der Waals surface area contributed by atoms with Gasteiger partial charge in [-0.25, -0.2) is 12.8 Å². The summed E-state index contributed by atoms with van der Waals surface area (Å²) in [5.41, 5.74) is 1.75. The summed E-state index contributed by atoms with van der Waals surface area (Å²) in [5.74, 6) is -0.890. The van der Waals surface area contributed by atoms with Gasteiger partial charge in [-0.3, -0.25) is 9.52 Å². The number of benzene rings is 3. The van der Waals surface area contributed by atoms with Crippen molar-refractivity contribution >= 4 is 33.4 Å². The maximum Gasteiger partial charge on any atom is 0.261 e. The molecule has 148 valence electrons. The molecule has 3 rings (SSSR count). The number of anilines is 2. The maximum absolute atomic E-state index is 13.6. The van der Waals surface area contributed by atoms with Gasteiger partial charge >= 0.3 is 0 Å². The molecule has 0 spiro atoms. The predicted octanol–water partition coefficient (Wildman–Crippen LogP) is 4.59. The second-order valence-corrected chi connectivity index (χ2v) is 7.97. The van der Waals surface area contributed by atoms with Crippen LogP contribution in [0.1, 0.15) is 11.1 Å². The molecule has 0 heterocycles. The first-order chi connectivity index (χ1) is 13.8. The molecule has 0 atom stereocenters. The van der Waals surface area contributed by atoms with E-state index in [1.54, 1.807) is 55.5 Å². The van der Waals surface area contributed by atoms with Crippen LogP contribution in [0.5, 0.6) is 0 Å². The van der Waals surface area contributed by atoms with Crippen LogP contribution < -0.4 is 10.0 Å². The Bertz CT molecular complexity index is 1160. The molecular weight excluding hydrogens is 391 g/mol. The molecule has 5 nitrogen and oxygen atoms in total. The van der Waals surface area contributed by atoms with Crippen molar-refractivity contribution in [3.63, 3.8) is 0 Å². The minimum absolute atomic E-state index is 0.140. The third kappa shape index (κ3) is 5.30. The third-order valence-corrected chi connectivity index (χ3v) is 5.50. The van der Waals surface area contributed by atoms with Crippen LogP contribution in [0.2, 0.25) is 0 Å². The first-order valence-electron chi connectivity index (χ1n) is 8.77. The van der Waals surface area contributed by atoms with Gasteiger partial charge in [-0.2, -0.15) is 0 Å². The van der Waals surface area contributed by atoms with Crippen LogP contribution in [-0.4, -0.2) is 14.3 Å². The molecule has 0 bridgehead atoms. The summed E-state index contributed by atoms with van der Waals surface area (Å²) in [6.07, 6.45) is 2.59. The first-order valence-corrected chi connectivity index (χ1v) is 10.3. The van der Waals surface area contributed by atoms with Gasteiger partial charge in [0.1, 0.15) is 5.82 Å². The van der Waals surface area contributed by atoms with Crippen molar-refractivity contribution in [1.82, 2.24) is 0 Å². The topological polar surface area (TPSA) is 75.3 Å². The molecule has 0 radical (unpaired) electrons. The van der Waals surface area contributed by atoms with Gasteiger partial charge in [0.15, 0.2) is 0 Å². The van der Waals surface area contributed by atoms with Gasteiger partial charge in [-0.05, 0) is 48.9 Å². The van der Waals surface area contributed by atoms with Crippen molar-refractivity contribution in [1.29, 1.82) is 0 Å². The Hall–Kier alpha value is -3.45. The van der Waals surface area contributed by atoms with Crippen LogP contribution in [0.3, 0.4) is 0 Å². The summed E-state index contributed by atoms with van der Waals surface area (Å²) >= 11 is 0. The summed E-state index contributed by atoms with van der Waals surface area (Å²) in [5, 5.41) is 2.64. The van der Waals surface area contributed by atoms with Crippen LogP contribution in [0.25, 0.3) is 6.08 Å². The van der Waals surface area contributed by atoms with Crippen LogP contribution in [0.15, 0.2) is 83.8 Å². The van der Waals surface area contributed by atoms with Gasteiger partial charge in [0, 0.05) is 17.3 Å². The van der Waals surface area contributed by atoms with Crippen molar-refractivity contribution < 1.29 is 17.6 Å². The fraction of sp³-hybridized carbons (Fsp3) is 0.0455. The molecule has 2 N–H and O–H groups in total. The smallest absolute Gasteiger partial charge is 0.261 e. The molecule has 0 aliphatic rings. The number of hydrogen-bond donors (Lipinski definition) is 2. The standard InChI is InChI=1S/C22H19FN2O3S/c1-16-11-13-18(24-22(26)14-12-17-7-5-6-10-20(17)23)15-21(16)25-29(27,28)19-8-3-2-4-9-19/h2-15,25H,1H3,(H,24,26). The van der Waals surface area contributed by atoms with E-state index in [4.69, 9.17) is 0 Å². The molecule has 0 aliphatic heterocycles. The SMILES string of the molecule is Cc1ccc(NC(=O)C=Cc2ccccc2F)cc1NS(=O)(=O)c1ccccc1. The van der Waals surface area contributed by atoms with E-state index in [-0.39, 0.29) is 4.90 Å². The van der Waals surface area contributed by atoms with E-state index in [9.17, 15) is 17.6 Å². The van der Waals surface area contributed by atoms with Crippen molar-refractivity contribution in [2.75, 3.05) is 10.0 Å². The van der Waals surface area contributed by atoms with E-state index in [1.807, 2.05) is 0 Å². The molecule has 0 aliphatic carbocycles. The number of aryl methyl sites for hydroxylation is 1. The van der Waals surface area contributed by atoms with E-state index in [1.165, 1.54) is 36.4 Å². The normalized spacial score (nSPS) is 11.4. The van der Waals surface area contributed by atoms with Gasteiger partial charge < -0.3 is 5.32 Å². The molecule has 7 heteroatoms. The number of carbonyl (C=O) groups excluding carboxylic acids is 1. The fourth-order valence-corrected chi connectivity index (χ4v) is 3.72. The Morgan fingerprint density at radius 2 is 1.66 bits per heavy atom. The Morgan fingerprint density at radius 1 is 0.966 bits per heavy atom. The van der Waals surface area contributed by atoms with Crippen molar-refractivity contribution in [3.05, 3.63) is 95.8 Å². The van der Waals surface area contributed by atoms with Gasteiger partial charge in [-0.15, -0.1) is 0 Å². The number of sulfonamides is 1. The highest BCUT2D eigenvalue weighted by Crippen LogP contribution is 2.23. The van der Waals surface area contributed by atoms with Crippen LogP contribution in [0.4, 0.5) is 15.8 Å². The Balaban J connectivity index is 1.75. The number of nitrogens with one attached hydrogen (secondary N) is 2. The molecule has 0 fully saturated rings. The zero-order chi connectivity index (χ0) is 20.9. The van der Waals surface area contributed by atoms with Crippen molar-refractivity contribution in [3.8, 4) is 0 Å². The van der Waals surface area contributed by atoms with E-state index < -0.39 is 21.7 Å². The van der Waals surface area contributed by atoms with E-state index >= 15 is 0 Å². The summed E-state index contributed by atoms with van der Waals surface area (Å²) in [7, 11) is -3.75. The molecule has 3 aromatic rings. The van der Waals surface area contributed by atoms with E-state index in [0.717, 1.165) is 0 Å². The van der Waals surface area contributed by atoms with Crippen LogP contribution >= 0.6 is 0 Å². The second kappa shape index (κ2) is 8.70. The Labute approximate surface area is 169 Å². The summed E-state index contributed by atoms with van der Waals surface area (Å²) in [6, 6.07) is 19.0. The highest BCUT2D eigenvalue weighted by atomic mass is 32.2. The minimum atomic E-state index is -3.75. The molecule has 1 amide bonds. The quantitative estimate of drug-likeness (QED) is 0.584. The van der Waals surface area contributed by atoms with E-state index in [0.29, 0.717) is 22.5 Å². The molecule has 0 saturated carbocycles. The lowest BCUT2D eigenvalue weighted by molar-refractivity contribution is -0.111. The lowest BCUT2D eigenvalue weighted by atomic mass is 10.2. The lowest BCUT2D eigenvalue weighted by Gasteiger charge is -2.12. The number of halogens is 1. The monoisotopic (exact) mass is 410 g/mol. The summed E-state index contributed by atoms with van der Waals surface area (Å²) in [6.45, 7) is 1.76. The zero-order valence-corrected chi connectivity index (χ0v) is 16.4. The number of carbonyl (C=O) groups is 1. The molecular formula is C22H19FN2O3S. The van der Waals surface area contributed by atoms with Crippen LogP contribution in [0, 0.1) is 12.7 Å². The predicted molar refractivity (Wildman–Crippen MR) is 112 cm³/mol. The summed E-state index contributed by atoms with van der Waals surface area (Å²) < 4.78 is 41.2. The summed E-state index contributed by atoms with van der Waals surface area (Å²) in [4.78, 5) is 12.3. The number of hydrogen-bond acceptors (Lipinski definition) is 3. The molecule has 0 saturated heterocycles. The largest absolute Gasteiger partial charge is 0.322 e. The average Bonchev–Trinajstić information content (AvgIpc) is 2.70. The third-order valence-electron chi connectivity index (χ3n) is 4.12. The van der Waals surface area contributed by atoms with Gasteiger partial charge in [0.05, 0.1) is 10.6 Å². The lowest BCUT2D eigenvalue weighted by Crippen LogP contribution is -2.14. The van der Waals surface area contributed by atoms with Crippen molar-refractivity contribution in [2.45, 2.75) is 11.8 Å². The molecule has 29 heavy (non-hydrogen) atoms. The number of rotatable bonds is 6. The van der Waals surface area contributed by atoms with Crippen LogP contribution in [-0.2, 0) is 14.8 Å². The Kier molecular flexibility index (Phi) is 6.09. The molecule has 0 aromatic heterocycles. The second-order valence-electron chi connectivity index (χ2n) is 6.29. The minimum Gasteiger partial charge on any atom is -0.322 e. The zero-order valence-electron chi connectivity index (χ0n) is 15.6. The fourth-order valence-electron chi connectivity index (χ4n) is 2.57.